The maximum Gasteiger partial charge on any atom is 0.293 e. The standard InChI is InChI=1S/C7H8N6O/c1-13-3-2-8-5(13)6(14)11-7-9-4-10-12-7/h2-4H,1H3,(H2,9,10,11,12,14). The lowest BCUT2D eigenvalue weighted by Gasteiger charge is -2.00. The number of nitrogens with zero attached hydrogens (tertiary/aromatic N) is 4. The van der Waals surface area contributed by atoms with Gasteiger partial charge in [0.05, 0.1) is 0 Å². The predicted octanol–water partition coefficient (Wildman–Crippen LogP) is -0.210. The Balaban J connectivity index is 2.14. The summed E-state index contributed by atoms with van der Waals surface area (Å²) in [5.41, 5.74) is 0. The van der Waals surface area contributed by atoms with Crippen LogP contribution in [0.15, 0.2) is 18.7 Å². The summed E-state index contributed by atoms with van der Waals surface area (Å²) in [6.07, 6.45) is 4.55. The highest BCUT2D eigenvalue weighted by molar-refractivity contribution is 6.00. The van der Waals surface area contributed by atoms with Crippen molar-refractivity contribution in [1.82, 2.24) is 24.7 Å². The van der Waals surface area contributed by atoms with Crippen molar-refractivity contribution in [2.24, 2.45) is 7.05 Å². The normalized spacial score (nSPS) is 10.1. The fraction of sp³-hybridized carbons (Fsp3) is 0.143. The number of hydrogen-bond acceptors (Lipinski definition) is 4. The van der Waals surface area contributed by atoms with Gasteiger partial charge in [0.1, 0.15) is 6.33 Å². The molecule has 14 heavy (non-hydrogen) atoms. The molecule has 0 aliphatic rings. The Labute approximate surface area is 79.2 Å². The summed E-state index contributed by atoms with van der Waals surface area (Å²) in [5.74, 6) is 0.300. The Kier molecular flexibility index (Phi) is 1.98. The van der Waals surface area contributed by atoms with Gasteiger partial charge >= 0.3 is 0 Å². The zero-order chi connectivity index (χ0) is 9.97. The van der Waals surface area contributed by atoms with E-state index in [1.54, 1.807) is 24.0 Å². The molecule has 0 bridgehead atoms. The third-order valence-corrected chi connectivity index (χ3v) is 1.67. The Morgan fingerprint density at radius 1 is 1.57 bits per heavy atom. The van der Waals surface area contributed by atoms with Gasteiger partial charge in [0, 0.05) is 19.4 Å². The summed E-state index contributed by atoms with van der Waals surface area (Å²) >= 11 is 0. The van der Waals surface area contributed by atoms with Gasteiger partial charge in [-0.05, 0) is 0 Å². The number of nitrogens with one attached hydrogen (secondary N) is 2. The lowest BCUT2D eigenvalue weighted by atomic mass is 10.5. The first-order valence-electron chi connectivity index (χ1n) is 3.91. The minimum Gasteiger partial charge on any atom is -0.330 e. The molecular formula is C7H8N6O. The van der Waals surface area contributed by atoms with Gasteiger partial charge in [-0.2, -0.15) is 10.1 Å². The fourth-order valence-electron chi connectivity index (χ4n) is 1.01. The molecule has 0 atom stereocenters. The van der Waals surface area contributed by atoms with Crippen LogP contribution in [0.4, 0.5) is 5.95 Å². The van der Waals surface area contributed by atoms with Gasteiger partial charge in [0.2, 0.25) is 5.95 Å². The first-order chi connectivity index (χ1) is 6.77. The molecule has 0 saturated heterocycles. The third kappa shape index (κ3) is 1.47. The van der Waals surface area contributed by atoms with Gasteiger partial charge in [-0.15, -0.1) is 0 Å². The Hall–Kier alpha value is -2.18. The maximum atomic E-state index is 11.5. The van der Waals surface area contributed by atoms with Crippen molar-refractivity contribution in [2.75, 3.05) is 5.32 Å². The van der Waals surface area contributed by atoms with Crippen LogP contribution in [0.2, 0.25) is 0 Å². The first-order valence-corrected chi connectivity index (χ1v) is 3.91. The molecule has 7 nitrogen and oxygen atoms in total. The van der Waals surface area contributed by atoms with Crippen molar-refractivity contribution in [2.45, 2.75) is 0 Å². The number of aromatic nitrogens is 5. The second kappa shape index (κ2) is 3.29. The molecule has 72 valence electrons. The van der Waals surface area contributed by atoms with E-state index in [4.69, 9.17) is 0 Å². The SMILES string of the molecule is Cn1ccnc1C(=O)Nc1ncn[nH]1. The minimum atomic E-state index is -0.325. The summed E-state index contributed by atoms with van der Waals surface area (Å²) in [7, 11) is 1.74. The van der Waals surface area contributed by atoms with E-state index in [1.807, 2.05) is 0 Å². The number of anilines is 1. The lowest BCUT2D eigenvalue weighted by molar-refractivity contribution is 0.101. The molecule has 0 spiro atoms. The molecule has 0 fully saturated rings. The molecule has 0 aromatic carbocycles. The van der Waals surface area contributed by atoms with Crippen molar-refractivity contribution < 1.29 is 4.79 Å². The molecule has 2 aromatic rings. The van der Waals surface area contributed by atoms with Gasteiger partial charge in [-0.1, -0.05) is 0 Å². The average molecular weight is 192 g/mol. The number of amides is 1. The number of aromatic amines is 1. The molecule has 0 aliphatic heterocycles. The quantitative estimate of drug-likeness (QED) is 0.689. The lowest BCUT2D eigenvalue weighted by Crippen LogP contribution is -2.17. The molecule has 2 heterocycles. The van der Waals surface area contributed by atoms with E-state index in [-0.39, 0.29) is 5.91 Å². The van der Waals surface area contributed by atoms with Crippen LogP contribution in [0.3, 0.4) is 0 Å². The second-order valence-electron chi connectivity index (χ2n) is 2.65. The highest BCUT2D eigenvalue weighted by atomic mass is 16.2. The van der Waals surface area contributed by atoms with Crippen molar-refractivity contribution in [3.63, 3.8) is 0 Å². The zero-order valence-electron chi connectivity index (χ0n) is 7.43. The van der Waals surface area contributed by atoms with E-state index in [1.165, 1.54) is 6.33 Å². The Bertz CT molecular complexity index is 431. The molecule has 0 saturated carbocycles. The molecule has 2 aromatic heterocycles. The van der Waals surface area contributed by atoms with Crippen molar-refractivity contribution in [3.8, 4) is 0 Å². The number of rotatable bonds is 2. The molecule has 1 amide bonds. The summed E-state index contributed by atoms with van der Waals surface area (Å²) in [6.45, 7) is 0. The van der Waals surface area contributed by atoms with E-state index in [2.05, 4.69) is 25.5 Å². The van der Waals surface area contributed by atoms with Crippen LogP contribution in [-0.2, 0) is 7.05 Å². The van der Waals surface area contributed by atoms with Gasteiger partial charge < -0.3 is 4.57 Å². The fourth-order valence-corrected chi connectivity index (χ4v) is 1.01. The van der Waals surface area contributed by atoms with Gasteiger partial charge in [-0.25, -0.2) is 10.1 Å². The van der Waals surface area contributed by atoms with Gasteiger partial charge in [0.25, 0.3) is 5.91 Å². The Morgan fingerprint density at radius 3 is 3.00 bits per heavy atom. The van der Waals surface area contributed by atoms with Gasteiger partial charge in [-0.3, -0.25) is 10.1 Å². The van der Waals surface area contributed by atoms with Crippen molar-refractivity contribution >= 4 is 11.9 Å². The monoisotopic (exact) mass is 192 g/mol. The van der Waals surface area contributed by atoms with Crippen LogP contribution < -0.4 is 5.32 Å². The van der Waals surface area contributed by atoms with Crippen LogP contribution in [0.5, 0.6) is 0 Å². The number of carbonyl (C=O) groups excluding carboxylic acids is 1. The second-order valence-corrected chi connectivity index (χ2v) is 2.65. The average Bonchev–Trinajstić information content (AvgIpc) is 2.75. The molecule has 0 radical (unpaired) electrons. The van der Waals surface area contributed by atoms with Gasteiger partial charge in [0.15, 0.2) is 5.82 Å². The molecular weight excluding hydrogens is 184 g/mol. The topological polar surface area (TPSA) is 88.5 Å². The van der Waals surface area contributed by atoms with Crippen LogP contribution >= 0.6 is 0 Å². The highest BCUT2D eigenvalue weighted by Gasteiger charge is 2.11. The number of aryl methyl sites for hydroxylation is 1. The molecule has 2 N–H and O–H groups in total. The van der Waals surface area contributed by atoms with E-state index < -0.39 is 0 Å². The molecule has 7 heteroatoms. The van der Waals surface area contributed by atoms with E-state index >= 15 is 0 Å². The predicted molar refractivity (Wildman–Crippen MR) is 47.5 cm³/mol. The zero-order valence-corrected chi connectivity index (χ0v) is 7.43. The largest absolute Gasteiger partial charge is 0.330 e. The van der Waals surface area contributed by atoms with Crippen LogP contribution in [-0.4, -0.2) is 30.6 Å². The smallest absolute Gasteiger partial charge is 0.293 e. The minimum absolute atomic E-state index is 0.304. The van der Waals surface area contributed by atoms with Crippen LogP contribution in [0, 0.1) is 0 Å². The first kappa shape index (κ1) is 8.42. The van der Waals surface area contributed by atoms with E-state index in [0.29, 0.717) is 11.8 Å². The summed E-state index contributed by atoms with van der Waals surface area (Å²) in [6, 6.07) is 0. The number of imidazole rings is 1. The Morgan fingerprint density at radius 2 is 2.43 bits per heavy atom. The number of carbonyl (C=O) groups is 1. The van der Waals surface area contributed by atoms with E-state index in [9.17, 15) is 4.79 Å². The third-order valence-electron chi connectivity index (χ3n) is 1.67. The molecule has 2 rings (SSSR count). The summed E-state index contributed by atoms with van der Waals surface area (Å²) in [5, 5.41) is 8.63. The van der Waals surface area contributed by atoms with Crippen LogP contribution in [0.25, 0.3) is 0 Å². The summed E-state index contributed by atoms with van der Waals surface area (Å²) < 4.78 is 1.62. The van der Waals surface area contributed by atoms with Crippen molar-refractivity contribution in [1.29, 1.82) is 0 Å². The highest BCUT2D eigenvalue weighted by Crippen LogP contribution is 1.99. The van der Waals surface area contributed by atoms with Crippen molar-refractivity contribution in [3.05, 3.63) is 24.5 Å². The molecule has 0 aliphatic carbocycles. The van der Waals surface area contributed by atoms with Crippen LogP contribution in [0.1, 0.15) is 10.6 Å². The molecule has 0 unspecified atom stereocenters. The maximum absolute atomic E-state index is 11.5. The van der Waals surface area contributed by atoms with E-state index in [0.717, 1.165) is 0 Å². The number of H-pyrrole nitrogens is 1. The summed E-state index contributed by atoms with van der Waals surface area (Å²) in [4.78, 5) is 19.2. The number of hydrogen-bond donors (Lipinski definition) is 2.